The summed E-state index contributed by atoms with van der Waals surface area (Å²) in [5, 5.41) is 19.6. The van der Waals surface area contributed by atoms with Crippen LogP contribution in [0.15, 0.2) is 34.3 Å². The van der Waals surface area contributed by atoms with E-state index in [2.05, 4.69) is 20.8 Å². The van der Waals surface area contributed by atoms with E-state index in [1.54, 1.807) is 19.2 Å². The van der Waals surface area contributed by atoms with Gasteiger partial charge in [0.15, 0.2) is 0 Å². The number of carbonyl (C=O) groups is 1. The Kier molecular flexibility index (Phi) is 5.91. The number of nitrogens with zero attached hydrogens (tertiary/aromatic N) is 4. The summed E-state index contributed by atoms with van der Waals surface area (Å²) in [4.78, 5) is 12.0. The quantitative estimate of drug-likeness (QED) is 0.666. The standard InChI is InChI=1S/C13H18N6O3S2/c1-9(10-3-5-11(6-4-10)24(14,21)22)15-12(20)7-8-23-13-16-17-18-19(13)2/h3-6,9H,7-8H2,1-2H3,(H,15,20)(H2,14,21,22). The topological polar surface area (TPSA) is 133 Å². The average molecular weight is 370 g/mol. The van der Waals surface area contributed by atoms with Gasteiger partial charge in [-0.15, -0.1) is 5.10 Å². The third-order valence-corrected chi connectivity index (χ3v) is 5.17. The van der Waals surface area contributed by atoms with Crippen molar-refractivity contribution < 1.29 is 13.2 Å². The second-order valence-electron chi connectivity index (χ2n) is 5.09. The molecule has 2 rings (SSSR count). The van der Waals surface area contributed by atoms with E-state index in [4.69, 9.17) is 5.14 Å². The second kappa shape index (κ2) is 7.73. The predicted molar refractivity (Wildman–Crippen MR) is 88.5 cm³/mol. The number of sulfonamides is 1. The number of hydrogen-bond donors (Lipinski definition) is 2. The third-order valence-electron chi connectivity index (χ3n) is 3.23. The Bertz CT molecular complexity index is 803. The molecule has 1 aromatic carbocycles. The molecule has 24 heavy (non-hydrogen) atoms. The number of nitrogens with two attached hydrogens (primary N) is 1. The molecule has 2 aromatic rings. The van der Waals surface area contributed by atoms with Gasteiger partial charge in [-0.05, 0) is 35.0 Å². The van der Waals surface area contributed by atoms with Crippen LogP contribution in [0.3, 0.4) is 0 Å². The fourth-order valence-electron chi connectivity index (χ4n) is 1.92. The molecule has 0 aliphatic carbocycles. The van der Waals surface area contributed by atoms with Crippen LogP contribution in [0.2, 0.25) is 0 Å². The lowest BCUT2D eigenvalue weighted by molar-refractivity contribution is -0.121. The van der Waals surface area contributed by atoms with Crippen molar-refractivity contribution in [1.82, 2.24) is 25.5 Å². The Morgan fingerprint density at radius 2 is 2.04 bits per heavy atom. The first kappa shape index (κ1) is 18.4. The van der Waals surface area contributed by atoms with Crippen LogP contribution in [-0.4, -0.2) is 40.3 Å². The summed E-state index contributed by atoms with van der Waals surface area (Å²) in [5.41, 5.74) is 0.793. The molecule has 3 N–H and O–H groups in total. The number of aromatic nitrogens is 4. The van der Waals surface area contributed by atoms with Gasteiger partial charge >= 0.3 is 0 Å². The van der Waals surface area contributed by atoms with E-state index < -0.39 is 10.0 Å². The zero-order valence-electron chi connectivity index (χ0n) is 13.2. The van der Waals surface area contributed by atoms with Crippen molar-refractivity contribution >= 4 is 27.7 Å². The molecule has 0 saturated carbocycles. The van der Waals surface area contributed by atoms with Gasteiger partial charge in [0.1, 0.15) is 0 Å². The van der Waals surface area contributed by atoms with Gasteiger partial charge in [0.05, 0.1) is 10.9 Å². The Balaban J connectivity index is 1.84. The number of hydrogen-bond acceptors (Lipinski definition) is 7. The van der Waals surface area contributed by atoms with Crippen molar-refractivity contribution in [3.63, 3.8) is 0 Å². The lowest BCUT2D eigenvalue weighted by atomic mass is 10.1. The summed E-state index contributed by atoms with van der Waals surface area (Å²) >= 11 is 1.40. The summed E-state index contributed by atoms with van der Waals surface area (Å²) in [6.45, 7) is 1.82. The highest BCUT2D eigenvalue weighted by atomic mass is 32.2. The molecular formula is C13H18N6O3S2. The van der Waals surface area contributed by atoms with E-state index in [1.165, 1.54) is 28.6 Å². The highest BCUT2D eigenvalue weighted by Gasteiger charge is 2.12. The van der Waals surface area contributed by atoms with Crippen molar-refractivity contribution in [3.8, 4) is 0 Å². The molecule has 0 spiro atoms. The number of aryl methyl sites for hydroxylation is 1. The zero-order valence-corrected chi connectivity index (χ0v) is 14.8. The van der Waals surface area contributed by atoms with Gasteiger partial charge in [0.25, 0.3) is 0 Å². The molecule has 0 aliphatic heterocycles. The highest BCUT2D eigenvalue weighted by Crippen LogP contribution is 2.17. The first-order valence-electron chi connectivity index (χ1n) is 7.04. The van der Waals surface area contributed by atoms with Crippen molar-refractivity contribution in [2.24, 2.45) is 12.2 Å². The molecule has 1 atom stereocenters. The SMILES string of the molecule is CC(NC(=O)CCSc1nnnn1C)c1ccc(S(N)(=O)=O)cc1. The van der Waals surface area contributed by atoms with E-state index in [-0.39, 0.29) is 16.8 Å². The van der Waals surface area contributed by atoms with Crippen LogP contribution in [0.4, 0.5) is 0 Å². The molecule has 11 heteroatoms. The molecule has 0 fully saturated rings. The van der Waals surface area contributed by atoms with Crippen LogP contribution in [0.25, 0.3) is 0 Å². The monoisotopic (exact) mass is 370 g/mol. The second-order valence-corrected chi connectivity index (χ2v) is 7.71. The van der Waals surface area contributed by atoms with Crippen molar-refractivity contribution in [3.05, 3.63) is 29.8 Å². The molecular weight excluding hydrogens is 352 g/mol. The van der Waals surface area contributed by atoms with Crippen LogP contribution in [0.5, 0.6) is 0 Å². The molecule has 1 heterocycles. The number of thioether (sulfide) groups is 1. The fraction of sp³-hybridized carbons (Fsp3) is 0.385. The van der Waals surface area contributed by atoms with Crippen LogP contribution in [-0.2, 0) is 21.9 Å². The molecule has 1 aromatic heterocycles. The molecule has 1 amide bonds. The molecule has 0 aliphatic rings. The van der Waals surface area contributed by atoms with Gasteiger partial charge in [-0.3, -0.25) is 4.79 Å². The van der Waals surface area contributed by atoms with Crippen molar-refractivity contribution in [1.29, 1.82) is 0 Å². The first-order chi connectivity index (χ1) is 11.3. The Morgan fingerprint density at radius 1 is 1.38 bits per heavy atom. The maximum atomic E-state index is 12.0. The number of nitrogens with one attached hydrogen (secondary N) is 1. The Morgan fingerprint density at radius 3 is 2.58 bits per heavy atom. The Labute approximate surface area is 144 Å². The molecule has 0 saturated heterocycles. The first-order valence-corrected chi connectivity index (χ1v) is 9.58. The third kappa shape index (κ3) is 5.01. The van der Waals surface area contributed by atoms with E-state index in [0.717, 1.165) is 5.56 Å². The fourth-order valence-corrected chi connectivity index (χ4v) is 3.22. The average Bonchev–Trinajstić information content (AvgIpc) is 2.92. The van der Waals surface area contributed by atoms with Crippen LogP contribution in [0.1, 0.15) is 24.9 Å². The van der Waals surface area contributed by atoms with E-state index >= 15 is 0 Å². The lowest BCUT2D eigenvalue weighted by Crippen LogP contribution is -2.27. The maximum absolute atomic E-state index is 12.0. The van der Waals surface area contributed by atoms with Gasteiger partial charge in [0, 0.05) is 19.2 Å². The number of amides is 1. The van der Waals surface area contributed by atoms with E-state index in [1.807, 2.05) is 6.92 Å². The summed E-state index contributed by atoms with van der Waals surface area (Å²) in [6.07, 6.45) is 0.317. The minimum atomic E-state index is -3.71. The highest BCUT2D eigenvalue weighted by molar-refractivity contribution is 7.99. The van der Waals surface area contributed by atoms with Gasteiger partial charge < -0.3 is 5.32 Å². The van der Waals surface area contributed by atoms with Gasteiger partial charge in [-0.2, -0.15) is 0 Å². The van der Waals surface area contributed by atoms with Crippen molar-refractivity contribution in [2.75, 3.05) is 5.75 Å². The summed E-state index contributed by atoms with van der Waals surface area (Å²) in [7, 11) is -1.98. The van der Waals surface area contributed by atoms with Crippen LogP contribution in [0, 0.1) is 0 Å². The zero-order chi connectivity index (χ0) is 17.7. The largest absolute Gasteiger partial charge is 0.350 e. The maximum Gasteiger partial charge on any atom is 0.238 e. The molecule has 0 bridgehead atoms. The lowest BCUT2D eigenvalue weighted by Gasteiger charge is -2.14. The van der Waals surface area contributed by atoms with E-state index in [0.29, 0.717) is 17.3 Å². The predicted octanol–water partition coefficient (Wildman–Crippen LogP) is 0.217. The van der Waals surface area contributed by atoms with Gasteiger partial charge in [-0.1, -0.05) is 23.9 Å². The van der Waals surface area contributed by atoms with Gasteiger partial charge in [-0.25, -0.2) is 18.2 Å². The summed E-state index contributed by atoms with van der Waals surface area (Å²) < 4.78 is 24.0. The summed E-state index contributed by atoms with van der Waals surface area (Å²) in [5.74, 6) is 0.442. The molecule has 130 valence electrons. The number of benzene rings is 1. The normalized spacial score (nSPS) is 12.8. The number of tetrazole rings is 1. The number of rotatable bonds is 7. The number of carbonyl (C=O) groups excluding carboxylic acids is 1. The van der Waals surface area contributed by atoms with Crippen molar-refractivity contribution in [2.45, 2.75) is 29.4 Å². The smallest absolute Gasteiger partial charge is 0.238 e. The van der Waals surface area contributed by atoms with Crippen LogP contribution < -0.4 is 10.5 Å². The van der Waals surface area contributed by atoms with E-state index in [9.17, 15) is 13.2 Å². The summed E-state index contributed by atoms with van der Waals surface area (Å²) in [6, 6.07) is 5.86. The molecule has 9 nitrogen and oxygen atoms in total. The Hall–Kier alpha value is -1.98. The minimum Gasteiger partial charge on any atom is -0.350 e. The number of primary sulfonamides is 1. The molecule has 0 radical (unpaired) electrons. The van der Waals surface area contributed by atoms with Gasteiger partial charge in [0.2, 0.25) is 21.1 Å². The van der Waals surface area contributed by atoms with Crippen LogP contribution >= 0.6 is 11.8 Å². The molecule has 1 unspecified atom stereocenters. The minimum absolute atomic E-state index is 0.0402.